The quantitative estimate of drug-likeness (QED) is 0.398. The summed E-state index contributed by atoms with van der Waals surface area (Å²) >= 11 is 0. The Morgan fingerprint density at radius 2 is 1.62 bits per heavy atom. The van der Waals surface area contributed by atoms with Gasteiger partial charge in [0, 0.05) is 25.8 Å². The van der Waals surface area contributed by atoms with Gasteiger partial charge in [0.15, 0.2) is 23.0 Å². The molecule has 1 amide bonds. The molecule has 1 aliphatic rings. The van der Waals surface area contributed by atoms with E-state index in [1.165, 1.54) is 5.56 Å². The molecule has 0 unspecified atom stereocenters. The maximum atomic E-state index is 12.7. The second-order valence-electron chi connectivity index (χ2n) is 8.09. The Morgan fingerprint density at radius 1 is 0.941 bits per heavy atom. The Hall–Kier alpha value is -3.45. The Labute approximate surface area is 202 Å². The van der Waals surface area contributed by atoms with Gasteiger partial charge in [0.2, 0.25) is 5.91 Å². The van der Waals surface area contributed by atoms with Crippen LogP contribution in [0.2, 0.25) is 0 Å². The van der Waals surface area contributed by atoms with Gasteiger partial charge in [-0.1, -0.05) is 25.1 Å². The molecule has 0 radical (unpaired) electrons. The number of benzene rings is 2. The first-order valence-electron chi connectivity index (χ1n) is 11.3. The fraction of sp³-hybridized carbons (Fsp3) is 0.370. The Balaban J connectivity index is 1.49. The molecule has 2 aromatic rings. The summed E-state index contributed by atoms with van der Waals surface area (Å²) < 4.78 is 21.5. The molecule has 2 aromatic carbocycles. The molecule has 7 nitrogen and oxygen atoms in total. The smallest absolute Gasteiger partial charge is 0.231 e. The molecule has 0 aliphatic carbocycles. The highest BCUT2D eigenvalue weighted by molar-refractivity contribution is 5.84. The van der Waals surface area contributed by atoms with Crippen molar-refractivity contribution in [2.24, 2.45) is 0 Å². The molecule has 1 aliphatic heterocycles. The fourth-order valence-electron chi connectivity index (χ4n) is 3.86. The summed E-state index contributed by atoms with van der Waals surface area (Å²) in [6.45, 7) is 4.23. The maximum Gasteiger partial charge on any atom is 0.231 e. The van der Waals surface area contributed by atoms with Gasteiger partial charge in [-0.15, -0.1) is 0 Å². The third-order valence-electron chi connectivity index (χ3n) is 5.90. The molecule has 1 atom stereocenters. The van der Waals surface area contributed by atoms with Crippen molar-refractivity contribution in [3.05, 3.63) is 65.4 Å². The lowest BCUT2D eigenvalue weighted by Crippen LogP contribution is -2.26. The van der Waals surface area contributed by atoms with Gasteiger partial charge in [0.25, 0.3) is 0 Å². The Morgan fingerprint density at radius 3 is 2.32 bits per heavy atom. The largest absolute Gasteiger partial charge is 0.493 e. The number of amides is 1. The summed E-state index contributed by atoms with van der Waals surface area (Å²) in [5.74, 6) is 3.11. The van der Waals surface area contributed by atoms with E-state index in [0.29, 0.717) is 30.4 Å². The van der Waals surface area contributed by atoms with E-state index in [0.717, 1.165) is 35.7 Å². The number of carbonyl (C=O) groups excluding carboxylic acids is 1. The molecule has 0 aromatic heterocycles. The molecule has 0 saturated carbocycles. The van der Waals surface area contributed by atoms with Gasteiger partial charge >= 0.3 is 0 Å². The van der Waals surface area contributed by atoms with Crippen LogP contribution < -0.4 is 24.3 Å². The zero-order chi connectivity index (χ0) is 24.5. The Kier molecular flexibility index (Phi) is 8.99. The molecule has 0 bridgehead atoms. The van der Waals surface area contributed by atoms with Crippen molar-refractivity contribution in [2.45, 2.75) is 19.3 Å². The highest BCUT2D eigenvalue weighted by Crippen LogP contribution is 2.33. The van der Waals surface area contributed by atoms with Crippen molar-refractivity contribution in [1.82, 2.24) is 10.2 Å². The molecule has 0 fully saturated rings. The third-order valence-corrected chi connectivity index (χ3v) is 5.90. The number of nitrogens with one attached hydrogen (secondary N) is 1. The minimum Gasteiger partial charge on any atom is -0.493 e. The van der Waals surface area contributed by atoms with Crippen LogP contribution in [0.25, 0.3) is 6.08 Å². The molecule has 1 heterocycles. The van der Waals surface area contributed by atoms with Crippen molar-refractivity contribution >= 4 is 12.0 Å². The highest BCUT2D eigenvalue weighted by Gasteiger charge is 2.19. The summed E-state index contributed by atoms with van der Waals surface area (Å²) in [6.07, 6.45) is 8.15. The predicted molar refractivity (Wildman–Crippen MR) is 134 cm³/mol. The average molecular weight is 467 g/mol. The van der Waals surface area contributed by atoms with Crippen molar-refractivity contribution in [3.8, 4) is 23.0 Å². The molecular formula is C27H34N2O5. The molecule has 1 N–H and O–H groups in total. The number of hydrogen-bond donors (Lipinski definition) is 1. The van der Waals surface area contributed by atoms with Gasteiger partial charge < -0.3 is 29.2 Å². The van der Waals surface area contributed by atoms with E-state index in [1.54, 1.807) is 33.3 Å². The first kappa shape index (κ1) is 25.2. The summed E-state index contributed by atoms with van der Waals surface area (Å²) in [7, 11) is 6.48. The lowest BCUT2D eigenvalue weighted by molar-refractivity contribution is -0.127. The normalized spacial score (nSPS) is 14.0. The van der Waals surface area contributed by atoms with E-state index < -0.39 is 0 Å². The molecular weight excluding hydrogens is 432 g/mol. The van der Waals surface area contributed by atoms with Crippen LogP contribution in [-0.4, -0.2) is 58.9 Å². The van der Waals surface area contributed by atoms with Gasteiger partial charge in [-0.3, -0.25) is 4.79 Å². The van der Waals surface area contributed by atoms with E-state index in [4.69, 9.17) is 18.9 Å². The second kappa shape index (κ2) is 12.1. The van der Waals surface area contributed by atoms with Gasteiger partial charge in [-0.2, -0.15) is 0 Å². The minimum atomic E-state index is 0.0434. The zero-order valence-electron chi connectivity index (χ0n) is 20.6. The first-order valence-corrected chi connectivity index (χ1v) is 11.3. The lowest BCUT2D eigenvalue weighted by atomic mass is 10.0. The summed E-state index contributed by atoms with van der Waals surface area (Å²) in [6, 6.07) is 9.78. The lowest BCUT2D eigenvalue weighted by Gasteiger charge is -2.16. The number of rotatable bonds is 11. The zero-order valence-corrected chi connectivity index (χ0v) is 20.6. The van der Waals surface area contributed by atoms with E-state index in [9.17, 15) is 4.79 Å². The number of ether oxygens (including phenoxy) is 4. The van der Waals surface area contributed by atoms with Gasteiger partial charge in [0.05, 0.1) is 34.9 Å². The summed E-state index contributed by atoms with van der Waals surface area (Å²) in [5, 5.41) is 3.44. The van der Waals surface area contributed by atoms with Crippen molar-refractivity contribution in [3.63, 3.8) is 0 Å². The van der Waals surface area contributed by atoms with E-state index in [2.05, 4.69) is 18.3 Å². The monoisotopic (exact) mass is 466 g/mol. The van der Waals surface area contributed by atoms with Crippen LogP contribution in [0.3, 0.4) is 0 Å². The van der Waals surface area contributed by atoms with E-state index in [1.807, 2.05) is 48.7 Å². The highest BCUT2D eigenvalue weighted by atomic mass is 16.5. The third kappa shape index (κ3) is 6.11. The summed E-state index contributed by atoms with van der Waals surface area (Å²) in [4.78, 5) is 14.5. The van der Waals surface area contributed by atoms with Crippen molar-refractivity contribution in [2.75, 3.05) is 48.1 Å². The van der Waals surface area contributed by atoms with Crippen LogP contribution >= 0.6 is 0 Å². The fourth-order valence-corrected chi connectivity index (χ4v) is 3.86. The van der Waals surface area contributed by atoms with Crippen LogP contribution in [0, 0.1) is 0 Å². The molecule has 0 saturated heterocycles. The minimum absolute atomic E-state index is 0.0434. The molecule has 3 rings (SSSR count). The average Bonchev–Trinajstić information content (AvgIpc) is 3.01. The summed E-state index contributed by atoms with van der Waals surface area (Å²) in [5.41, 5.74) is 3.07. The molecule has 0 spiro atoms. The van der Waals surface area contributed by atoms with E-state index >= 15 is 0 Å². The van der Waals surface area contributed by atoms with Crippen molar-refractivity contribution in [1.29, 1.82) is 0 Å². The number of methoxy groups -OCH3 is 4. The first-order chi connectivity index (χ1) is 16.5. The topological polar surface area (TPSA) is 69.3 Å². The van der Waals surface area contributed by atoms with Gasteiger partial charge in [-0.05, 0) is 52.9 Å². The van der Waals surface area contributed by atoms with Gasteiger partial charge in [0.1, 0.15) is 0 Å². The maximum absolute atomic E-state index is 12.7. The van der Waals surface area contributed by atoms with Gasteiger partial charge in [-0.25, -0.2) is 0 Å². The molecule has 34 heavy (non-hydrogen) atoms. The van der Waals surface area contributed by atoms with Crippen LogP contribution in [0.5, 0.6) is 23.0 Å². The number of fused-ring (bicyclic) bond motifs is 1. The number of nitrogens with zero attached hydrogens (tertiary/aromatic N) is 1. The number of carbonyl (C=O) groups is 1. The number of hydrogen-bond acceptors (Lipinski definition) is 6. The molecule has 182 valence electrons. The van der Waals surface area contributed by atoms with E-state index in [-0.39, 0.29) is 5.91 Å². The van der Waals surface area contributed by atoms with Crippen molar-refractivity contribution < 1.29 is 23.7 Å². The van der Waals surface area contributed by atoms with Crippen LogP contribution in [0.4, 0.5) is 0 Å². The second-order valence-corrected chi connectivity index (χ2v) is 8.09. The molecule has 7 heteroatoms. The SMILES string of the molecule is COc1ccc([C@@H](C)CNC/C=C\CN2C=Cc3cc(OC)c(OC)cc3CC2=O)cc1OC. The van der Waals surface area contributed by atoms with Crippen LogP contribution in [0.1, 0.15) is 29.5 Å². The van der Waals surface area contributed by atoms with Crippen LogP contribution in [0.15, 0.2) is 48.7 Å². The standard InChI is InChI=1S/C27H34N2O5/c1-19(20-8-9-23(31-2)24(14-20)32-3)18-28-11-6-7-12-29-13-10-21-15-25(33-4)26(34-5)16-22(21)17-27(29)30/h6-10,13-16,19,28H,11-12,17-18H2,1-5H3/b7-6-/t19-/m0/s1. The Bertz CT molecular complexity index is 1050. The van der Waals surface area contributed by atoms with Crippen LogP contribution in [-0.2, 0) is 11.2 Å². The predicted octanol–water partition coefficient (Wildman–Crippen LogP) is 4.03.